The van der Waals surface area contributed by atoms with Crippen molar-refractivity contribution in [3.8, 4) is 0 Å². The van der Waals surface area contributed by atoms with E-state index in [0.717, 1.165) is 46.5 Å². The number of hydrogen-bond donors (Lipinski definition) is 1. The van der Waals surface area contributed by atoms with E-state index < -0.39 is 0 Å². The number of aromatic nitrogens is 3. The van der Waals surface area contributed by atoms with Crippen LogP contribution in [0.1, 0.15) is 12.7 Å². The number of hydrogen-bond acceptors (Lipinski definition) is 4. The van der Waals surface area contributed by atoms with Gasteiger partial charge in [-0.15, -0.1) is 0 Å². The van der Waals surface area contributed by atoms with Gasteiger partial charge >= 0.3 is 0 Å². The van der Waals surface area contributed by atoms with Crippen molar-refractivity contribution in [1.82, 2.24) is 14.5 Å². The van der Waals surface area contributed by atoms with Crippen LogP contribution in [-0.4, -0.2) is 26.5 Å². The Bertz CT molecular complexity index is 763. The average molecular weight is 286 g/mol. The van der Waals surface area contributed by atoms with Crippen molar-refractivity contribution in [1.29, 1.82) is 0 Å². The number of nitrogen functional groups attached to an aromatic ring is 1. The van der Waals surface area contributed by atoms with E-state index in [1.807, 2.05) is 30.0 Å². The van der Waals surface area contributed by atoms with E-state index in [2.05, 4.69) is 28.8 Å². The van der Waals surface area contributed by atoms with Gasteiger partial charge in [0.2, 0.25) is 0 Å². The minimum Gasteiger partial charge on any atom is -0.382 e. The molecule has 4 nitrogen and oxygen atoms in total. The van der Waals surface area contributed by atoms with Crippen molar-refractivity contribution in [2.45, 2.75) is 19.9 Å². The molecule has 0 bridgehead atoms. The number of pyridine rings is 1. The number of thioether (sulfide) groups is 1. The lowest BCUT2D eigenvalue weighted by atomic mass is 10.2. The zero-order valence-electron chi connectivity index (χ0n) is 11.8. The number of nitrogens with zero attached hydrogens (tertiary/aromatic N) is 3. The lowest BCUT2D eigenvalue weighted by Gasteiger charge is -2.09. The molecule has 0 aliphatic heterocycles. The Morgan fingerprint density at radius 1 is 1.25 bits per heavy atom. The van der Waals surface area contributed by atoms with Gasteiger partial charge in [0, 0.05) is 24.1 Å². The molecule has 1 aromatic carbocycles. The summed E-state index contributed by atoms with van der Waals surface area (Å²) in [6.45, 7) is 3.08. The Labute approximate surface area is 122 Å². The zero-order valence-corrected chi connectivity index (χ0v) is 12.6. The molecule has 3 aromatic rings. The van der Waals surface area contributed by atoms with Crippen LogP contribution in [0.25, 0.3) is 21.9 Å². The highest BCUT2D eigenvalue weighted by Crippen LogP contribution is 2.29. The van der Waals surface area contributed by atoms with E-state index in [4.69, 9.17) is 10.7 Å². The van der Waals surface area contributed by atoms with Crippen LogP contribution < -0.4 is 5.73 Å². The Morgan fingerprint density at radius 3 is 2.80 bits per heavy atom. The maximum absolute atomic E-state index is 6.10. The summed E-state index contributed by atoms with van der Waals surface area (Å²) in [4.78, 5) is 9.17. The molecule has 0 saturated heterocycles. The number of rotatable bonds is 4. The van der Waals surface area contributed by atoms with Crippen molar-refractivity contribution in [2.24, 2.45) is 0 Å². The van der Waals surface area contributed by atoms with Gasteiger partial charge < -0.3 is 10.3 Å². The smallest absolute Gasteiger partial charge is 0.152 e. The number of nitrogens with two attached hydrogens (primary N) is 1. The van der Waals surface area contributed by atoms with Gasteiger partial charge in [-0.2, -0.15) is 11.8 Å². The second kappa shape index (κ2) is 5.32. The van der Waals surface area contributed by atoms with Crippen LogP contribution in [0.2, 0.25) is 0 Å². The predicted octanol–water partition coefficient (Wildman–Crippen LogP) is 3.09. The molecule has 0 aliphatic carbocycles. The van der Waals surface area contributed by atoms with E-state index in [9.17, 15) is 0 Å². The molecular formula is C15H18N4S. The van der Waals surface area contributed by atoms with E-state index in [0.29, 0.717) is 5.82 Å². The zero-order chi connectivity index (χ0) is 14.1. The molecule has 0 spiro atoms. The van der Waals surface area contributed by atoms with Crippen LogP contribution in [0.4, 0.5) is 5.82 Å². The number of benzene rings is 1. The van der Waals surface area contributed by atoms with Crippen molar-refractivity contribution in [3.63, 3.8) is 0 Å². The molecule has 0 amide bonds. The van der Waals surface area contributed by atoms with Crippen molar-refractivity contribution in [2.75, 3.05) is 17.7 Å². The largest absolute Gasteiger partial charge is 0.382 e. The molecule has 0 aliphatic rings. The summed E-state index contributed by atoms with van der Waals surface area (Å²) < 4.78 is 2.30. The van der Waals surface area contributed by atoms with Gasteiger partial charge in [-0.25, -0.2) is 9.97 Å². The molecular weight excluding hydrogens is 268 g/mol. The first-order chi connectivity index (χ1) is 9.76. The molecule has 5 heteroatoms. The molecule has 2 aromatic heterocycles. The van der Waals surface area contributed by atoms with E-state index in [1.165, 1.54) is 0 Å². The molecule has 0 saturated carbocycles. The maximum atomic E-state index is 6.10. The fourth-order valence-corrected chi connectivity index (χ4v) is 2.96. The summed E-state index contributed by atoms with van der Waals surface area (Å²) in [5.41, 5.74) is 8.99. The highest BCUT2D eigenvalue weighted by Gasteiger charge is 2.15. The van der Waals surface area contributed by atoms with Crippen LogP contribution in [0.15, 0.2) is 24.3 Å². The van der Waals surface area contributed by atoms with Gasteiger partial charge in [0.05, 0.1) is 11.0 Å². The second-order valence-electron chi connectivity index (χ2n) is 4.74. The summed E-state index contributed by atoms with van der Waals surface area (Å²) in [5.74, 6) is 2.67. The lowest BCUT2D eigenvalue weighted by Crippen LogP contribution is -2.05. The molecule has 2 heterocycles. The van der Waals surface area contributed by atoms with Crippen LogP contribution in [0.5, 0.6) is 0 Å². The Hall–Kier alpha value is -1.75. The van der Waals surface area contributed by atoms with Crippen LogP contribution in [-0.2, 0) is 13.0 Å². The molecule has 0 fully saturated rings. The lowest BCUT2D eigenvalue weighted by molar-refractivity contribution is 0.734. The minimum absolute atomic E-state index is 0.524. The molecule has 2 N–H and O–H groups in total. The van der Waals surface area contributed by atoms with Crippen LogP contribution in [0, 0.1) is 0 Å². The first-order valence-electron chi connectivity index (χ1n) is 6.78. The van der Waals surface area contributed by atoms with Gasteiger partial charge in [0.25, 0.3) is 0 Å². The van der Waals surface area contributed by atoms with Gasteiger partial charge in [-0.3, -0.25) is 0 Å². The highest BCUT2D eigenvalue weighted by atomic mass is 32.2. The highest BCUT2D eigenvalue weighted by molar-refractivity contribution is 7.98. The Kier molecular flexibility index (Phi) is 3.53. The fraction of sp³-hybridized carbons (Fsp3) is 0.333. The van der Waals surface area contributed by atoms with E-state index in [1.54, 1.807) is 0 Å². The topological polar surface area (TPSA) is 56.7 Å². The number of fused-ring (bicyclic) bond motifs is 3. The summed E-state index contributed by atoms with van der Waals surface area (Å²) in [6.07, 6.45) is 3.02. The summed E-state index contributed by atoms with van der Waals surface area (Å²) in [7, 11) is 0. The molecule has 0 radical (unpaired) electrons. The number of anilines is 1. The van der Waals surface area contributed by atoms with Crippen molar-refractivity contribution in [3.05, 3.63) is 30.1 Å². The van der Waals surface area contributed by atoms with Gasteiger partial charge in [-0.05, 0) is 12.3 Å². The SMILES string of the molecule is CCc1nc2c(N)nc3ccccc3c2n1CCSC. The van der Waals surface area contributed by atoms with Gasteiger partial charge in [-0.1, -0.05) is 25.1 Å². The standard InChI is InChI=1S/C15H18N4S/c1-3-12-18-13-14(19(12)8-9-20-2)10-6-4-5-7-11(10)17-15(13)16/h4-7H,3,8-9H2,1-2H3,(H2,16,17). The second-order valence-corrected chi connectivity index (χ2v) is 5.72. The third-order valence-electron chi connectivity index (χ3n) is 3.52. The molecule has 3 rings (SSSR count). The summed E-state index contributed by atoms with van der Waals surface area (Å²) in [5, 5.41) is 1.13. The summed E-state index contributed by atoms with van der Waals surface area (Å²) >= 11 is 1.84. The van der Waals surface area contributed by atoms with Gasteiger partial charge in [0.1, 0.15) is 11.3 Å². The Balaban J connectivity index is 2.38. The molecule has 0 unspecified atom stereocenters. The van der Waals surface area contributed by atoms with E-state index in [-0.39, 0.29) is 0 Å². The fourth-order valence-electron chi connectivity index (χ4n) is 2.60. The van der Waals surface area contributed by atoms with Crippen molar-refractivity contribution < 1.29 is 0 Å². The first kappa shape index (κ1) is 13.2. The predicted molar refractivity (Wildman–Crippen MR) is 87.2 cm³/mol. The van der Waals surface area contributed by atoms with Crippen molar-refractivity contribution >= 4 is 39.5 Å². The summed E-state index contributed by atoms with van der Waals surface area (Å²) in [6, 6.07) is 8.13. The molecule has 104 valence electrons. The molecule has 20 heavy (non-hydrogen) atoms. The van der Waals surface area contributed by atoms with Crippen LogP contribution in [0.3, 0.4) is 0 Å². The van der Waals surface area contributed by atoms with Crippen LogP contribution >= 0.6 is 11.8 Å². The number of aryl methyl sites for hydroxylation is 2. The number of para-hydroxylation sites is 1. The third kappa shape index (κ3) is 2.02. The monoisotopic (exact) mass is 286 g/mol. The minimum atomic E-state index is 0.524. The average Bonchev–Trinajstić information content (AvgIpc) is 2.84. The van der Waals surface area contributed by atoms with Gasteiger partial charge in [0.15, 0.2) is 5.82 Å². The van der Waals surface area contributed by atoms with E-state index >= 15 is 0 Å². The molecule has 0 atom stereocenters. The number of imidazole rings is 1. The maximum Gasteiger partial charge on any atom is 0.152 e. The Morgan fingerprint density at radius 2 is 2.05 bits per heavy atom. The third-order valence-corrected chi connectivity index (χ3v) is 4.12. The normalized spacial score (nSPS) is 11.5. The quantitative estimate of drug-likeness (QED) is 0.800. The first-order valence-corrected chi connectivity index (χ1v) is 8.18.